The van der Waals surface area contributed by atoms with Gasteiger partial charge in [-0.3, -0.25) is 4.79 Å². The van der Waals surface area contributed by atoms with Crippen molar-refractivity contribution in [2.75, 3.05) is 0 Å². The summed E-state index contributed by atoms with van der Waals surface area (Å²) in [5.74, 6) is 0.0972. The molecule has 1 aliphatic rings. The normalized spacial score (nSPS) is 35.8. The van der Waals surface area contributed by atoms with Gasteiger partial charge in [0.2, 0.25) is 0 Å². The fourth-order valence-electron chi connectivity index (χ4n) is 0.720. The maximum absolute atomic E-state index is 10.6. The fraction of sp³-hybridized carbons (Fsp3) is 0.667. The van der Waals surface area contributed by atoms with Crippen molar-refractivity contribution in [3.8, 4) is 6.07 Å². The second-order valence-electron chi connectivity index (χ2n) is 2.37. The first kappa shape index (κ1) is 5.30. The van der Waals surface area contributed by atoms with Crippen LogP contribution in [0.3, 0.4) is 0 Å². The Balaban J connectivity index is 2.73. The first-order valence-corrected chi connectivity index (χ1v) is 2.63. The lowest BCUT2D eigenvalue weighted by molar-refractivity contribution is -0.132. The van der Waals surface area contributed by atoms with Gasteiger partial charge in [0.15, 0.2) is 5.78 Å². The van der Waals surface area contributed by atoms with Crippen LogP contribution < -0.4 is 0 Å². The van der Waals surface area contributed by atoms with E-state index in [1.165, 1.54) is 0 Å². The molecule has 0 radical (unpaired) electrons. The van der Waals surface area contributed by atoms with Crippen LogP contribution in [0.5, 0.6) is 0 Å². The molecular weight excluding hydrogens is 102 g/mol. The second kappa shape index (κ2) is 1.32. The lowest BCUT2D eigenvalue weighted by Crippen LogP contribution is -2.36. The molecule has 0 saturated heterocycles. The number of nitriles is 1. The smallest absolute Gasteiger partial charge is 0.152 e. The lowest BCUT2D eigenvalue weighted by Gasteiger charge is -2.28. The molecule has 0 bridgehead atoms. The van der Waals surface area contributed by atoms with E-state index in [9.17, 15) is 4.79 Å². The Morgan fingerprint density at radius 1 is 1.88 bits per heavy atom. The molecular formula is C6H7NO. The van der Waals surface area contributed by atoms with Crippen LogP contribution in [0.4, 0.5) is 0 Å². The van der Waals surface area contributed by atoms with Crippen LogP contribution in [0.1, 0.15) is 19.8 Å². The Labute approximate surface area is 48.1 Å². The average molecular weight is 109 g/mol. The minimum atomic E-state index is -0.611. The van der Waals surface area contributed by atoms with Crippen LogP contribution in [0, 0.1) is 16.7 Å². The number of carbonyl (C=O) groups is 1. The van der Waals surface area contributed by atoms with E-state index in [0.717, 1.165) is 6.42 Å². The van der Waals surface area contributed by atoms with Crippen molar-refractivity contribution in [1.29, 1.82) is 5.26 Å². The van der Waals surface area contributed by atoms with E-state index in [2.05, 4.69) is 0 Å². The fourth-order valence-corrected chi connectivity index (χ4v) is 0.720. The third-order valence-corrected chi connectivity index (χ3v) is 1.71. The SMILES string of the molecule is CC1(C#N)CCC1=O. The minimum absolute atomic E-state index is 0.0972. The van der Waals surface area contributed by atoms with E-state index in [1.54, 1.807) is 6.92 Å². The lowest BCUT2D eigenvalue weighted by atomic mass is 9.70. The van der Waals surface area contributed by atoms with Crippen LogP contribution in [0.15, 0.2) is 0 Å². The van der Waals surface area contributed by atoms with Gasteiger partial charge in [-0.25, -0.2) is 0 Å². The Hall–Kier alpha value is -0.840. The van der Waals surface area contributed by atoms with E-state index in [-0.39, 0.29) is 5.78 Å². The highest BCUT2D eigenvalue weighted by Crippen LogP contribution is 2.35. The van der Waals surface area contributed by atoms with Gasteiger partial charge in [0, 0.05) is 6.42 Å². The molecule has 1 saturated carbocycles. The highest BCUT2D eigenvalue weighted by molar-refractivity contribution is 5.92. The quantitative estimate of drug-likeness (QED) is 0.463. The van der Waals surface area contributed by atoms with Crippen LogP contribution in [0.2, 0.25) is 0 Å². The van der Waals surface area contributed by atoms with E-state index in [4.69, 9.17) is 5.26 Å². The summed E-state index contributed by atoms with van der Waals surface area (Å²) in [5, 5.41) is 8.34. The third-order valence-electron chi connectivity index (χ3n) is 1.71. The highest BCUT2D eigenvalue weighted by atomic mass is 16.1. The van der Waals surface area contributed by atoms with Crippen molar-refractivity contribution in [3.05, 3.63) is 0 Å². The summed E-state index contributed by atoms with van der Waals surface area (Å²) in [6.07, 6.45) is 1.35. The van der Waals surface area contributed by atoms with Crippen molar-refractivity contribution in [2.24, 2.45) is 5.41 Å². The summed E-state index contributed by atoms with van der Waals surface area (Å²) < 4.78 is 0. The molecule has 1 atom stereocenters. The predicted octanol–water partition coefficient (Wildman–Crippen LogP) is 0.879. The van der Waals surface area contributed by atoms with Gasteiger partial charge in [-0.2, -0.15) is 5.26 Å². The molecule has 0 heterocycles. The second-order valence-corrected chi connectivity index (χ2v) is 2.37. The standard InChI is InChI=1S/C6H7NO/c1-6(4-7)3-2-5(6)8/h2-3H2,1H3. The molecule has 0 aromatic heterocycles. The molecule has 2 heteroatoms. The highest BCUT2D eigenvalue weighted by Gasteiger charge is 2.41. The summed E-state index contributed by atoms with van der Waals surface area (Å²) in [4.78, 5) is 10.6. The molecule has 1 fully saturated rings. The van der Waals surface area contributed by atoms with Gasteiger partial charge in [-0.05, 0) is 13.3 Å². The Morgan fingerprint density at radius 3 is 2.50 bits per heavy atom. The van der Waals surface area contributed by atoms with Crippen molar-refractivity contribution in [2.45, 2.75) is 19.8 Å². The van der Waals surface area contributed by atoms with Crippen molar-refractivity contribution in [3.63, 3.8) is 0 Å². The maximum atomic E-state index is 10.6. The summed E-state index contributed by atoms with van der Waals surface area (Å²) in [6, 6.07) is 1.98. The van der Waals surface area contributed by atoms with Crippen LogP contribution in [0.25, 0.3) is 0 Å². The van der Waals surface area contributed by atoms with Crippen LogP contribution in [-0.2, 0) is 4.79 Å². The predicted molar refractivity (Wildman–Crippen MR) is 28.0 cm³/mol. The van der Waals surface area contributed by atoms with Gasteiger partial charge in [0.1, 0.15) is 5.41 Å². The van der Waals surface area contributed by atoms with E-state index >= 15 is 0 Å². The molecule has 0 aliphatic heterocycles. The number of carbonyl (C=O) groups excluding carboxylic acids is 1. The number of hydrogen-bond donors (Lipinski definition) is 0. The van der Waals surface area contributed by atoms with Gasteiger partial charge in [0.25, 0.3) is 0 Å². The van der Waals surface area contributed by atoms with E-state index < -0.39 is 5.41 Å². The van der Waals surface area contributed by atoms with Crippen molar-refractivity contribution in [1.82, 2.24) is 0 Å². The van der Waals surface area contributed by atoms with Crippen molar-refractivity contribution >= 4 is 5.78 Å². The van der Waals surface area contributed by atoms with E-state index in [0.29, 0.717) is 6.42 Å². The molecule has 0 N–H and O–H groups in total. The number of nitrogens with zero attached hydrogens (tertiary/aromatic N) is 1. The topological polar surface area (TPSA) is 40.9 Å². The Morgan fingerprint density at radius 2 is 2.50 bits per heavy atom. The number of ketones is 1. The first-order chi connectivity index (χ1) is 3.69. The van der Waals surface area contributed by atoms with Gasteiger partial charge in [-0.15, -0.1) is 0 Å². The van der Waals surface area contributed by atoms with Crippen molar-refractivity contribution < 1.29 is 4.79 Å². The molecule has 0 spiro atoms. The molecule has 42 valence electrons. The zero-order valence-electron chi connectivity index (χ0n) is 4.77. The zero-order valence-corrected chi connectivity index (χ0v) is 4.77. The Bertz CT molecular complexity index is 168. The molecule has 8 heavy (non-hydrogen) atoms. The van der Waals surface area contributed by atoms with Gasteiger partial charge in [-0.1, -0.05) is 0 Å². The first-order valence-electron chi connectivity index (χ1n) is 2.63. The molecule has 1 unspecified atom stereocenters. The summed E-state index contributed by atoms with van der Waals surface area (Å²) in [7, 11) is 0. The molecule has 0 aromatic rings. The van der Waals surface area contributed by atoms with E-state index in [1.807, 2.05) is 6.07 Å². The minimum Gasteiger partial charge on any atom is -0.298 e. The molecule has 1 rings (SSSR count). The zero-order chi connectivity index (χ0) is 6.20. The van der Waals surface area contributed by atoms with Crippen LogP contribution in [-0.4, -0.2) is 5.78 Å². The van der Waals surface area contributed by atoms with Crippen LogP contribution >= 0.6 is 0 Å². The molecule has 0 amide bonds. The number of Topliss-reactive ketones (excluding diaryl/α,β-unsaturated/α-hetero) is 1. The van der Waals surface area contributed by atoms with Gasteiger partial charge >= 0.3 is 0 Å². The number of hydrogen-bond acceptors (Lipinski definition) is 2. The summed E-state index contributed by atoms with van der Waals surface area (Å²) in [6.45, 7) is 1.69. The maximum Gasteiger partial charge on any atom is 0.152 e. The summed E-state index contributed by atoms with van der Waals surface area (Å²) >= 11 is 0. The summed E-state index contributed by atoms with van der Waals surface area (Å²) in [5.41, 5.74) is -0.611. The van der Waals surface area contributed by atoms with Gasteiger partial charge < -0.3 is 0 Å². The van der Waals surface area contributed by atoms with Gasteiger partial charge in [0.05, 0.1) is 6.07 Å². The third kappa shape index (κ3) is 0.445. The monoisotopic (exact) mass is 109 g/mol. The molecule has 2 nitrogen and oxygen atoms in total. The average Bonchev–Trinajstić information content (AvgIpc) is 1.83. The molecule has 1 aliphatic carbocycles. The molecule has 0 aromatic carbocycles. The number of rotatable bonds is 0. The largest absolute Gasteiger partial charge is 0.298 e. The Kier molecular flexibility index (Phi) is 0.872.